The summed E-state index contributed by atoms with van der Waals surface area (Å²) >= 11 is 0. The summed E-state index contributed by atoms with van der Waals surface area (Å²) in [6.45, 7) is 6.77. The van der Waals surface area contributed by atoms with Gasteiger partial charge < -0.3 is 9.47 Å². The molecule has 0 radical (unpaired) electrons. The third kappa shape index (κ3) is 3.24. The highest BCUT2D eigenvalue weighted by molar-refractivity contribution is 5.49. The molecule has 0 unspecified atom stereocenters. The van der Waals surface area contributed by atoms with E-state index in [1.807, 2.05) is 55.5 Å². The van der Waals surface area contributed by atoms with Gasteiger partial charge in [0.25, 0.3) is 0 Å². The van der Waals surface area contributed by atoms with E-state index in [1.165, 1.54) is 0 Å². The van der Waals surface area contributed by atoms with Crippen LogP contribution in [0.25, 0.3) is 0 Å². The fraction of sp³-hybridized carbons (Fsp3) is 0.238. The first-order valence-electron chi connectivity index (χ1n) is 7.72. The molecule has 2 nitrogen and oxygen atoms in total. The van der Waals surface area contributed by atoms with Crippen LogP contribution in [0, 0.1) is 17.8 Å². The number of benzene rings is 2. The van der Waals surface area contributed by atoms with Gasteiger partial charge in [0, 0.05) is 17.0 Å². The monoisotopic (exact) mass is 304 g/mol. The van der Waals surface area contributed by atoms with Crippen molar-refractivity contribution in [2.24, 2.45) is 5.92 Å². The molecule has 0 spiro atoms. The second kappa shape index (κ2) is 6.62. The third-order valence-electron chi connectivity index (χ3n) is 4.15. The maximum absolute atomic E-state index is 5.89. The van der Waals surface area contributed by atoms with Crippen molar-refractivity contribution in [2.75, 3.05) is 13.7 Å². The molecule has 0 N–H and O–H groups in total. The van der Waals surface area contributed by atoms with Gasteiger partial charge in [0.2, 0.25) is 0 Å². The van der Waals surface area contributed by atoms with Crippen molar-refractivity contribution >= 4 is 0 Å². The first-order valence-corrected chi connectivity index (χ1v) is 7.72. The molecule has 0 amide bonds. The second-order valence-corrected chi connectivity index (χ2v) is 5.78. The van der Waals surface area contributed by atoms with Gasteiger partial charge in [0.05, 0.1) is 19.6 Å². The average molecular weight is 304 g/mol. The largest absolute Gasteiger partial charge is 0.497 e. The van der Waals surface area contributed by atoms with Crippen LogP contribution in [-0.2, 0) is 0 Å². The molecule has 1 heterocycles. The molecule has 2 aromatic carbocycles. The van der Waals surface area contributed by atoms with Gasteiger partial charge in [0.15, 0.2) is 0 Å². The van der Waals surface area contributed by atoms with Crippen LogP contribution < -0.4 is 9.47 Å². The number of methoxy groups -OCH3 is 1. The number of fused-ring (bicyclic) bond motifs is 1. The molecule has 2 heteroatoms. The molecule has 0 aromatic heterocycles. The Morgan fingerprint density at radius 3 is 2.70 bits per heavy atom. The molecule has 23 heavy (non-hydrogen) atoms. The Morgan fingerprint density at radius 2 is 2.00 bits per heavy atom. The molecular formula is C21H20O2. The summed E-state index contributed by atoms with van der Waals surface area (Å²) in [5, 5.41) is 0. The lowest BCUT2D eigenvalue weighted by molar-refractivity contribution is 0.232. The molecule has 0 aliphatic carbocycles. The van der Waals surface area contributed by atoms with Crippen molar-refractivity contribution in [3.8, 4) is 23.3 Å². The number of hydrogen-bond acceptors (Lipinski definition) is 2. The fourth-order valence-corrected chi connectivity index (χ4v) is 2.81. The van der Waals surface area contributed by atoms with Crippen LogP contribution >= 0.6 is 0 Å². The van der Waals surface area contributed by atoms with Crippen molar-refractivity contribution in [3.63, 3.8) is 0 Å². The van der Waals surface area contributed by atoms with E-state index in [-0.39, 0.29) is 11.8 Å². The molecule has 2 aromatic rings. The summed E-state index contributed by atoms with van der Waals surface area (Å²) in [7, 11) is 1.67. The van der Waals surface area contributed by atoms with Crippen LogP contribution in [-0.4, -0.2) is 13.7 Å². The predicted molar refractivity (Wildman–Crippen MR) is 92.9 cm³/mol. The molecule has 3 rings (SSSR count). The van der Waals surface area contributed by atoms with Crippen LogP contribution in [0.3, 0.4) is 0 Å². The second-order valence-electron chi connectivity index (χ2n) is 5.78. The Morgan fingerprint density at radius 1 is 1.22 bits per heavy atom. The molecule has 2 atom stereocenters. The van der Waals surface area contributed by atoms with Gasteiger partial charge in [-0.1, -0.05) is 42.2 Å². The SMILES string of the molecule is C=C(C)[C@H]1COc2ccc(OC)cc2[C@H]1C#Cc1ccccc1. The van der Waals surface area contributed by atoms with Crippen LogP contribution in [0.4, 0.5) is 0 Å². The molecule has 0 fully saturated rings. The normalized spacial score (nSPS) is 18.9. The van der Waals surface area contributed by atoms with Gasteiger partial charge in [-0.05, 0) is 37.3 Å². The highest BCUT2D eigenvalue weighted by atomic mass is 16.5. The highest BCUT2D eigenvalue weighted by Gasteiger charge is 2.30. The Kier molecular flexibility index (Phi) is 4.39. The molecule has 116 valence electrons. The Balaban J connectivity index is 2.04. The molecule has 0 bridgehead atoms. The summed E-state index contributed by atoms with van der Waals surface area (Å²) in [5.41, 5.74) is 3.18. The molecule has 1 aliphatic heterocycles. The smallest absolute Gasteiger partial charge is 0.124 e. The summed E-state index contributed by atoms with van der Waals surface area (Å²) in [6, 6.07) is 15.9. The standard InChI is InChI=1S/C21H20O2/c1-15(2)20-14-23-21-12-10-17(22-3)13-19(21)18(20)11-9-16-7-5-4-6-8-16/h4-8,10,12-13,18,20H,1,14H2,2-3H3/t18-,20-/m1/s1. The molecule has 0 saturated heterocycles. The number of rotatable bonds is 2. The van der Waals surface area contributed by atoms with E-state index in [2.05, 4.69) is 18.4 Å². The minimum absolute atomic E-state index is 0.0616. The number of ether oxygens (including phenoxy) is 2. The van der Waals surface area contributed by atoms with Crippen LogP contribution in [0.15, 0.2) is 60.7 Å². The number of hydrogen-bond donors (Lipinski definition) is 0. The van der Waals surface area contributed by atoms with Crippen molar-refractivity contribution in [3.05, 3.63) is 71.8 Å². The molecular weight excluding hydrogens is 284 g/mol. The van der Waals surface area contributed by atoms with Crippen molar-refractivity contribution in [1.29, 1.82) is 0 Å². The summed E-state index contributed by atoms with van der Waals surface area (Å²) in [6.07, 6.45) is 0. The predicted octanol–water partition coefficient (Wildman–Crippen LogP) is 4.42. The van der Waals surface area contributed by atoms with Gasteiger partial charge in [-0.2, -0.15) is 0 Å². The van der Waals surface area contributed by atoms with Crippen molar-refractivity contribution in [2.45, 2.75) is 12.8 Å². The highest BCUT2D eigenvalue weighted by Crippen LogP contribution is 2.41. The van der Waals surface area contributed by atoms with E-state index in [9.17, 15) is 0 Å². The average Bonchev–Trinajstić information content (AvgIpc) is 2.59. The summed E-state index contributed by atoms with van der Waals surface area (Å²) in [4.78, 5) is 0. The van der Waals surface area contributed by atoms with Gasteiger partial charge in [-0.15, -0.1) is 0 Å². The zero-order valence-corrected chi connectivity index (χ0v) is 13.5. The molecule has 1 aliphatic rings. The quantitative estimate of drug-likeness (QED) is 0.604. The van der Waals surface area contributed by atoms with Gasteiger partial charge >= 0.3 is 0 Å². The van der Waals surface area contributed by atoms with Crippen molar-refractivity contribution < 1.29 is 9.47 Å². The van der Waals surface area contributed by atoms with Crippen molar-refractivity contribution in [1.82, 2.24) is 0 Å². The topological polar surface area (TPSA) is 18.5 Å². The van der Waals surface area contributed by atoms with E-state index < -0.39 is 0 Å². The van der Waals surface area contributed by atoms with Gasteiger partial charge in [0.1, 0.15) is 11.5 Å². The van der Waals surface area contributed by atoms with E-state index in [4.69, 9.17) is 9.47 Å². The lowest BCUT2D eigenvalue weighted by atomic mass is 9.80. The Labute approximate surface area is 137 Å². The first-order chi connectivity index (χ1) is 11.2. The lowest BCUT2D eigenvalue weighted by Gasteiger charge is -2.31. The minimum atomic E-state index is 0.0616. The Bertz CT molecular complexity index is 765. The van der Waals surface area contributed by atoms with E-state index in [1.54, 1.807) is 7.11 Å². The van der Waals surface area contributed by atoms with Crippen LogP contribution in [0.1, 0.15) is 24.0 Å². The van der Waals surface area contributed by atoms with E-state index >= 15 is 0 Å². The summed E-state index contributed by atoms with van der Waals surface area (Å²) in [5.74, 6) is 8.67. The zero-order chi connectivity index (χ0) is 16.2. The van der Waals surface area contributed by atoms with E-state index in [0.29, 0.717) is 6.61 Å². The van der Waals surface area contributed by atoms with Gasteiger partial charge in [-0.25, -0.2) is 0 Å². The van der Waals surface area contributed by atoms with E-state index in [0.717, 1.165) is 28.2 Å². The van der Waals surface area contributed by atoms with Gasteiger partial charge in [-0.3, -0.25) is 0 Å². The maximum atomic E-state index is 5.89. The third-order valence-corrected chi connectivity index (χ3v) is 4.15. The molecule has 0 saturated carbocycles. The fourth-order valence-electron chi connectivity index (χ4n) is 2.81. The first kappa shape index (κ1) is 15.2. The van der Waals surface area contributed by atoms with Crippen LogP contribution in [0.5, 0.6) is 11.5 Å². The maximum Gasteiger partial charge on any atom is 0.124 e. The lowest BCUT2D eigenvalue weighted by Crippen LogP contribution is -2.26. The Hall–Kier alpha value is -2.66. The van der Waals surface area contributed by atoms with Crippen LogP contribution in [0.2, 0.25) is 0 Å². The zero-order valence-electron chi connectivity index (χ0n) is 13.5. The summed E-state index contributed by atoms with van der Waals surface area (Å²) < 4.78 is 11.3. The minimum Gasteiger partial charge on any atom is -0.497 e.